The molecule has 214 valence electrons. The average Bonchev–Trinajstić information content (AvgIpc) is 2.98. The van der Waals surface area contributed by atoms with E-state index in [0.29, 0.717) is 22.8 Å². The third kappa shape index (κ3) is 5.11. The molecule has 6 N–H and O–H groups in total. The molecule has 2 heterocycles. The summed E-state index contributed by atoms with van der Waals surface area (Å²) in [6, 6.07) is 23.9. The van der Waals surface area contributed by atoms with Gasteiger partial charge in [0.25, 0.3) is 0 Å². The van der Waals surface area contributed by atoms with Gasteiger partial charge < -0.3 is 36.7 Å². The van der Waals surface area contributed by atoms with E-state index in [9.17, 15) is 0 Å². The van der Waals surface area contributed by atoms with Gasteiger partial charge in [0.2, 0.25) is 0 Å². The quantitative estimate of drug-likeness (QED) is 0.150. The summed E-state index contributed by atoms with van der Waals surface area (Å²) >= 11 is 0. The van der Waals surface area contributed by atoms with Gasteiger partial charge in [0.1, 0.15) is 0 Å². The first-order valence-corrected chi connectivity index (χ1v) is 14.2. The number of nitrogens with two attached hydrogens (primary N) is 2. The van der Waals surface area contributed by atoms with E-state index in [1.165, 1.54) is 0 Å². The van der Waals surface area contributed by atoms with E-state index >= 15 is 0 Å². The van der Waals surface area contributed by atoms with Gasteiger partial charge in [-0.2, -0.15) is 0 Å². The zero-order valence-corrected chi connectivity index (χ0v) is 24.0. The van der Waals surface area contributed by atoms with Crippen LogP contribution in [0.3, 0.4) is 0 Å². The van der Waals surface area contributed by atoms with Gasteiger partial charge in [0.05, 0.1) is 24.6 Å². The molecule has 6 rings (SSSR count). The van der Waals surface area contributed by atoms with E-state index in [4.69, 9.17) is 31.8 Å². The molecule has 8 nitrogen and oxygen atoms in total. The Kier molecular flexibility index (Phi) is 7.41. The first-order valence-electron chi connectivity index (χ1n) is 14.2. The molecule has 4 aromatic carbocycles. The molecule has 42 heavy (non-hydrogen) atoms. The van der Waals surface area contributed by atoms with E-state index in [1.54, 1.807) is 13.8 Å². The van der Waals surface area contributed by atoms with Crippen LogP contribution in [0.2, 0.25) is 0 Å². The zero-order valence-electron chi connectivity index (χ0n) is 24.0. The van der Waals surface area contributed by atoms with E-state index in [-0.39, 0.29) is 0 Å². The molecule has 0 unspecified atom stereocenters. The number of benzene rings is 4. The lowest BCUT2D eigenvalue weighted by Crippen LogP contribution is -2.41. The van der Waals surface area contributed by atoms with E-state index in [2.05, 4.69) is 34.1 Å². The Morgan fingerprint density at radius 2 is 1.21 bits per heavy atom. The number of fused-ring (bicyclic) bond motifs is 2. The normalized spacial score (nSPS) is 14.6. The van der Waals surface area contributed by atoms with Gasteiger partial charge in [-0.15, -0.1) is 0 Å². The Hall–Kier alpha value is -4.66. The highest BCUT2D eigenvalue weighted by molar-refractivity contribution is 6.08. The summed E-state index contributed by atoms with van der Waals surface area (Å²) < 4.78 is 12.2. The smallest absolute Gasteiger partial charge is 0.151 e. The Labute approximate surface area is 246 Å². The summed E-state index contributed by atoms with van der Waals surface area (Å²) in [7, 11) is 0. The molecule has 0 aliphatic carbocycles. The SMILES string of the molecule is CC(=N)c1c(N)cccc1-c1ccc2c(c1)Oc1cc(-c3cccc(N)c3C(C)=N)ccc1N2CCN1CCOCC1. The standard InChI is InChI=1S/C34H36N6O2/c1-21(35)33-25(5-3-7-27(33)37)23-9-11-29-31(19-23)42-32-20-24(26-6-4-8-28(38)34(26)22(2)36)10-12-30(32)40(29)14-13-39-15-17-41-18-16-39/h3-12,19-20,35-36H,13-18,37-38H2,1-2H3. The van der Waals surface area contributed by atoms with Crippen molar-refractivity contribution in [2.75, 3.05) is 55.8 Å². The maximum absolute atomic E-state index is 8.35. The fourth-order valence-corrected chi connectivity index (χ4v) is 5.99. The van der Waals surface area contributed by atoms with Gasteiger partial charge in [-0.3, -0.25) is 4.90 Å². The van der Waals surface area contributed by atoms with Crippen LogP contribution in [-0.4, -0.2) is 55.7 Å². The number of nitrogens with one attached hydrogen (secondary N) is 2. The molecule has 0 radical (unpaired) electrons. The largest absolute Gasteiger partial charge is 0.453 e. The second-order valence-corrected chi connectivity index (χ2v) is 10.9. The molecule has 4 aromatic rings. The number of anilines is 4. The van der Waals surface area contributed by atoms with Crippen molar-refractivity contribution in [1.29, 1.82) is 10.8 Å². The van der Waals surface area contributed by atoms with Crippen molar-refractivity contribution in [1.82, 2.24) is 4.90 Å². The Balaban J connectivity index is 1.44. The maximum Gasteiger partial charge on any atom is 0.151 e. The summed E-state index contributed by atoms with van der Waals surface area (Å²) in [6.45, 7) is 8.55. The van der Waals surface area contributed by atoms with Gasteiger partial charge in [-0.05, 0) is 72.5 Å². The average molecular weight is 561 g/mol. The first kappa shape index (κ1) is 27.5. The summed E-state index contributed by atoms with van der Waals surface area (Å²) in [5, 5.41) is 16.7. The van der Waals surface area contributed by atoms with Crippen LogP contribution < -0.4 is 21.1 Å². The highest BCUT2D eigenvalue weighted by Crippen LogP contribution is 2.49. The monoisotopic (exact) mass is 560 g/mol. The summed E-state index contributed by atoms with van der Waals surface area (Å²) in [6.07, 6.45) is 0. The number of nitrogen functional groups attached to an aromatic ring is 2. The summed E-state index contributed by atoms with van der Waals surface area (Å²) in [5.74, 6) is 1.48. The molecule has 1 fully saturated rings. The lowest BCUT2D eigenvalue weighted by molar-refractivity contribution is 0.0394. The highest BCUT2D eigenvalue weighted by atomic mass is 16.5. The lowest BCUT2D eigenvalue weighted by Gasteiger charge is -2.36. The van der Waals surface area contributed by atoms with Gasteiger partial charge >= 0.3 is 0 Å². The minimum atomic E-state index is 0.420. The molecule has 0 aromatic heterocycles. The molecule has 8 heteroatoms. The number of morpholine rings is 1. The van der Waals surface area contributed by atoms with Gasteiger partial charge in [0, 0.05) is 60.1 Å². The third-order valence-electron chi connectivity index (χ3n) is 8.03. The summed E-state index contributed by atoms with van der Waals surface area (Å²) in [4.78, 5) is 4.75. The topological polar surface area (TPSA) is 125 Å². The second kappa shape index (κ2) is 11.3. The lowest BCUT2D eigenvalue weighted by atomic mass is 9.94. The van der Waals surface area contributed by atoms with Crippen molar-refractivity contribution in [3.05, 3.63) is 83.9 Å². The molecule has 0 saturated carbocycles. The van der Waals surface area contributed by atoms with Crippen molar-refractivity contribution < 1.29 is 9.47 Å². The van der Waals surface area contributed by atoms with Crippen molar-refractivity contribution in [3.63, 3.8) is 0 Å². The molecule has 0 spiro atoms. The third-order valence-corrected chi connectivity index (χ3v) is 8.03. The first-order chi connectivity index (χ1) is 20.3. The van der Waals surface area contributed by atoms with Crippen LogP contribution in [-0.2, 0) is 4.74 Å². The number of nitrogens with zero attached hydrogens (tertiary/aromatic N) is 2. The number of rotatable bonds is 7. The second-order valence-electron chi connectivity index (χ2n) is 10.9. The van der Waals surface area contributed by atoms with Gasteiger partial charge in [-0.25, -0.2) is 0 Å². The number of hydrogen-bond acceptors (Lipinski definition) is 8. The fraction of sp³-hybridized carbons (Fsp3) is 0.235. The number of ether oxygens (including phenoxy) is 2. The minimum absolute atomic E-state index is 0.420. The van der Waals surface area contributed by atoms with Crippen molar-refractivity contribution in [3.8, 4) is 33.8 Å². The Bertz CT molecular complexity index is 1580. The van der Waals surface area contributed by atoms with E-state index in [1.807, 2.05) is 48.5 Å². The van der Waals surface area contributed by atoms with Crippen LogP contribution in [0.25, 0.3) is 22.3 Å². The molecule has 1 saturated heterocycles. The van der Waals surface area contributed by atoms with E-state index < -0.39 is 0 Å². The molecule has 0 amide bonds. The predicted molar refractivity (Wildman–Crippen MR) is 172 cm³/mol. The summed E-state index contributed by atoms with van der Waals surface area (Å²) in [5.41, 5.74) is 21.7. The highest BCUT2D eigenvalue weighted by Gasteiger charge is 2.27. The molecule has 0 atom stereocenters. The van der Waals surface area contributed by atoms with Crippen molar-refractivity contribution >= 4 is 34.2 Å². The molecule has 2 aliphatic rings. The Morgan fingerprint density at radius 3 is 1.69 bits per heavy atom. The van der Waals surface area contributed by atoms with Crippen molar-refractivity contribution in [2.45, 2.75) is 13.8 Å². The van der Waals surface area contributed by atoms with Gasteiger partial charge in [0.15, 0.2) is 11.5 Å². The number of hydrogen-bond donors (Lipinski definition) is 4. The molecule has 2 aliphatic heterocycles. The molecule has 0 bridgehead atoms. The van der Waals surface area contributed by atoms with Crippen LogP contribution in [0.5, 0.6) is 11.5 Å². The predicted octanol–water partition coefficient (Wildman–Crippen LogP) is 6.54. The van der Waals surface area contributed by atoms with E-state index in [0.717, 1.165) is 95.6 Å². The minimum Gasteiger partial charge on any atom is -0.453 e. The molecular weight excluding hydrogens is 524 g/mol. The molecular formula is C34H36N6O2. The van der Waals surface area contributed by atoms with Crippen LogP contribution in [0.1, 0.15) is 25.0 Å². The van der Waals surface area contributed by atoms with Crippen LogP contribution in [0.4, 0.5) is 22.7 Å². The fourth-order valence-electron chi connectivity index (χ4n) is 5.99. The Morgan fingerprint density at radius 1 is 0.714 bits per heavy atom. The zero-order chi connectivity index (χ0) is 29.4. The maximum atomic E-state index is 8.35. The van der Waals surface area contributed by atoms with Crippen LogP contribution in [0, 0.1) is 10.8 Å². The van der Waals surface area contributed by atoms with Gasteiger partial charge in [-0.1, -0.05) is 36.4 Å². The van der Waals surface area contributed by atoms with Crippen molar-refractivity contribution in [2.24, 2.45) is 0 Å². The van der Waals surface area contributed by atoms with Crippen LogP contribution >= 0.6 is 0 Å². The van der Waals surface area contributed by atoms with Crippen LogP contribution in [0.15, 0.2) is 72.8 Å².